The molecule has 2 unspecified atom stereocenters. The van der Waals surface area contributed by atoms with E-state index in [1.54, 1.807) is 6.08 Å². The molecule has 6 nitrogen and oxygen atoms in total. The van der Waals surface area contributed by atoms with Gasteiger partial charge >= 0.3 is 11.7 Å². The summed E-state index contributed by atoms with van der Waals surface area (Å²) in [6, 6.07) is -1.33. The molecule has 1 heterocycles. The number of rotatable bonds is 1. The summed E-state index contributed by atoms with van der Waals surface area (Å²) in [6.45, 7) is 0. The Hall–Kier alpha value is -1.53. The fourth-order valence-corrected chi connectivity index (χ4v) is 1.86. The number of halogens is 1. The normalized spacial score (nSPS) is 29.2. The minimum Gasteiger partial charge on any atom is -0.714 e. The maximum atomic E-state index is 11.6. The zero-order valence-corrected chi connectivity index (χ0v) is 8.26. The number of hydrogen-bond donors (Lipinski definition) is 2. The van der Waals surface area contributed by atoms with E-state index < -0.39 is 23.8 Å². The summed E-state index contributed by atoms with van der Waals surface area (Å²) in [4.78, 5) is 10.9. The molecule has 0 bridgehead atoms. The van der Waals surface area contributed by atoms with Gasteiger partial charge in [-0.05, 0) is 18.2 Å². The summed E-state index contributed by atoms with van der Waals surface area (Å²) in [7, 11) is 0. The number of fused-ring (bicyclic) bond motifs is 1. The van der Waals surface area contributed by atoms with Crippen LogP contribution in [0.25, 0.3) is 0 Å². The minimum absolute atomic E-state index is 0.360. The number of allylic oxidation sites excluding steroid dienone is 2. The van der Waals surface area contributed by atoms with Crippen molar-refractivity contribution < 1.29 is 14.7 Å². The number of carbonyl (C=O) groups is 1. The molecule has 1 aliphatic heterocycles. The van der Waals surface area contributed by atoms with E-state index in [9.17, 15) is 15.2 Å². The third-order valence-corrected chi connectivity index (χ3v) is 2.58. The summed E-state index contributed by atoms with van der Waals surface area (Å²) in [5.41, 5.74) is 4.97. The smallest absolute Gasteiger partial charge is 0.372 e. The second-order valence-electron chi connectivity index (χ2n) is 3.25. The van der Waals surface area contributed by atoms with Gasteiger partial charge in [-0.1, -0.05) is 11.6 Å². The molecular weight excluding hydrogens is 222 g/mol. The minimum atomic E-state index is -0.972. The summed E-state index contributed by atoms with van der Waals surface area (Å²) in [5, 5.41) is 22.1. The number of nitrogens with zero attached hydrogens (tertiary/aromatic N) is 2. The highest BCUT2D eigenvalue weighted by Gasteiger charge is 2.47. The maximum absolute atomic E-state index is 11.6. The van der Waals surface area contributed by atoms with E-state index in [0.29, 0.717) is 14.8 Å². The molecule has 0 aromatic rings. The van der Waals surface area contributed by atoms with Crippen LogP contribution < -0.4 is 5.73 Å². The fraction of sp³-hybridized carbons (Fsp3) is 0.250. The average molecular weight is 230 g/mol. The maximum Gasteiger partial charge on any atom is 0.372 e. The monoisotopic (exact) mass is 229 g/mol. The van der Waals surface area contributed by atoms with Gasteiger partial charge in [0, 0.05) is 5.03 Å². The largest absolute Gasteiger partial charge is 0.714 e. The van der Waals surface area contributed by atoms with Crippen molar-refractivity contribution in [1.82, 2.24) is 5.06 Å². The lowest BCUT2D eigenvalue weighted by molar-refractivity contribution is -0.478. The Morgan fingerprint density at radius 2 is 2.40 bits per heavy atom. The molecule has 7 heteroatoms. The quantitative estimate of drug-likeness (QED) is 0.469. The molecule has 2 aliphatic rings. The van der Waals surface area contributed by atoms with Crippen molar-refractivity contribution in [3.63, 3.8) is 0 Å². The molecule has 2 atom stereocenters. The van der Waals surface area contributed by atoms with Gasteiger partial charge in [0.15, 0.2) is 12.1 Å². The second-order valence-corrected chi connectivity index (χ2v) is 3.69. The van der Waals surface area contributed by atoms with Gasteiger partial charge in [-0.25, -0.2) is 9.95 Å². The summed E-state index contributed by atoms with van der Waals surface area (Å²) < 4.78 is 0.360. The van der Waals surface area contributed by atoms with Crippen molar-refractivity contribution in [3.05, 3.63) is 28.5 Å². The van der Waals surface area contributed by atoms with Crippen molar-refractivity contribution in [3.8, 4) is 0 Å². The highest BCUT2D eigenvalue weighted by molar-refractivity contribution is 6.35. The SMILES string of the molecule is NC(=O)C1=[N+]([O-])C2C=C(Cl)C=CC2N1O. The van der Waals surface area contributed by atoms with Crippen LogP contribution in [-0.4, -0.2) is 38.8 Å². The predicted molar refractivity (Wildman–Crippen MR) is 52.1 cm³/mol. The summed E-state index contributed by atoms with van der Waals surface area (Å²) in [6.07, 6.45) is 4.54. The third kappa shape index (κ3) is 1.38. The molecule has 3 N–H and O–H groups in total. The molecule has 0 saturated heterocycles. The van der Waals surface area contributed by atoms with Crippen molar-refractivity contribution in [2.75, 3.05) is 0 Å². The van der Waals surface area contributed by atoms with Crippen LogP contribution in [0.4, 0.5) is 0 Å². The number of amides is 1. The molecule has 0 aromatic carbocycles. The Labute approximate surface area is 90.1 Å². The van der Waals surface area contributed by atoms with Gasteiger partial charge in [-0.15, -0.1) is 5.06 Å². The molecule has 0 radical (unpaired) electrons. The molecule has 0 spiro atoms. The van der Waals surface area contributed by atoms with Gasteiger partial charge in [-0.3, -0.25) is 4.79 Å². The second kappa shape index (κ2) is 3.25. The van der Waals surface area contributed by atoms with E-state index >= 15 is 0 Å². The molecule has 80 valence electrons. The number of primary amides is 1. The van der Waals surface area contributed by atoms with Crippen LogP contribution in [0.2, 0.25) is 0 Å². The lowest BCUT2D eigenvalue weighted by Crippen LogP contribution is -2.41. The van der Waals surface area contributed by atoms with E-state index in [-0.39, 0.29) is 0 Å². The first kappa shape index (κ1) is 10.0. The van der Waals surface area contributed by atoms with E-state index in [4.69, 9.17) is 17.3 Å². The molecular formula is C8H8ClN3O3. The molecule has 2 rings (SSSR count). The fourth-order valence-electron chi connectivity index (χ4n) is 1.66. The Morgan fingerprint density at radius 1 is 1.73 bits per heavy atom. The lowest BCUT2D eigenvalue weighted by atomic mass is 10.0. The van der Waals surface area contributed by atoms with Crippen LogP contribution in [0.5, 0.6) is 0 Å². The van der Waals surface area contributed by atoms with Crippen molar-refractivity contribution in [2.45, 2.75) is 12.1 Å². The van der Waals surface area contributed by atoms with Crippen LogP contribution in [0.15, 0.2) is 23.3 Å². The van der Waals surface area contributed by atoms with Gasteiger partial charge in [-0.2, -0.15) is 0 Å². The van der Waals surface area contributed by atoms with Gasteiger partial charge in [0.1, 0.15) is 0 Å². The first-order chi connectivity index (χ1) is 7.02. The molecule has 1 amide bonds. The van der Waals surface area contributed by atoms with Crippen molar-refractivity contribution >= 4 is 23.3 Å². The van der Waals surface area contributed by atoms with E-state index in [2.05, 4.69) is 0 Å². The first-order valence-electron chi connectivity index (χ1n) is 4.19. The molecule has 1 aliphatic carbocycles. The average Bonchev–Trinajstić information content (AvgIpc) is 2.39. The molecule has 0 aromatic heterocycles. The zero-order valence-electron chi connectivity index (χ0n) is 7.50. The number of nitrogens with two attached hydrogens (primary N) is 1. The molecule has 0 saturated carbocycles. The Morgan fingerprint density at radius 3 is 3.00 bits per heavy atom. The number of amidine groups is 1. The van der Waals surface area contributed by atoms with E-state index in [1.807, 2.05) is 0 Å². The van der Waals surface area contributed by atoms with Gasteiger partial charge in [0.2, 0.25) is 0 Å². The van der Waals surface area contributed by atoms with Crippen molar-refractivity contribution in [2.24, 2.45) is 5.73 Å². The number of hydroxylamine groups is 3. The van der Waals surface area contributed by atoms with Crippen LogP contribution in [-0.2, 0) is 4.79 Å². The lowest BCUT2D eigenvalue weighted by Gasteiger charge is -2.17. The topological polar surface area (TPSA) is 92.6 Å². The highest BCUT2D eigenvalue weighted by atomic mass is 35.5. The summed E-state index contributed by atoms with van der Waals surface area (Å²) >= 11 is 5.71. The zero-order chi connectivity index (χ0) is 11.2. The summed E-state index contributed by atoms with van der Waals surface area (Å²) in [5.74, 6) is -1.45. The van der Waals surface area contributed by atoms with Gasteiger partial charge < -0.3 is 10.9 Å². The Balaban J connectivity index is 2.44. The van der Waals surface area contributed by atoms with Gasteiger partial charge in [0.05, 0.1) is 0 Å². The van der Waals surface area contributed by atoms with Crippen molar-refractivity contribution in [1.29, 1.82) is 0 Å². The van der Waals surface area contributed by atoms with Crippen LogP contribution >= 0.6 is 11.6 Å². The predicted octanol–water partition coefficient (Wildman–Crippen LogP) is -0.485. The number of carbonyl (C=O) groups excluding carboxylic acids is 1. The van der Waals surface area contributed by atoms with Crippen LogP contribution in [0.3, 0.4) is 0 Å². The first-order valence-corrected chi connectivity index (χ1v) is 4.57. The standard InChI is InChI=1S/C8H8ClN3O3/c9-4-1-2-5-6(3-4)12(15)8(7(10)13)11(5)14/h1-3,5-6,14H,(H2,10,13). The van der Waals surface area contributed by atoms with E-state index in [0.717, 1.165) is 0 Å². The van der Waals surface area contributed by atoms with Crippen LogP contribution in [0.1, 0.15) is 0 Å². The Bertz CT molecular complexity index is 415. The Kier molecular flexibility index (Phi) is 2.17. The van der Waals surface area contributed by atoms with Crippen LogP contribution in [0, 0.1) is 5.21 Å². The molecule has 15 heavy (non-hydrogen) atoms. The van der Waals surface area contributed by atoms with E-state index in [1.165, 1.54) is 12.2 Å². The number of hydrogen-bond acceptors (Lipinski definition) is 4. The molecule has 0 fully saturated rings. The van der Waals surface area contributed by atoms with Gasteiger partial charge in [0.25, 0.3) is 0 Å². The third-order valence-electron chi connectivity index (χ3n) is 2.33. The highest BCUT2D eigenvalue weighted by Crippen LogP contribution is 2.24.